The quantitative estimate of drug-likeness (QED) is 0.673. The number of aliphatic hydroxyl groups excluding tert-OH is 1. The van der Waals surface area contributed by atoms with Crippen molar-refractivity contribution >= 4 is 11.4 Å². The van der Waals surface area contributed by atoms with Gasteiger partial charge in [0.15, 0.2) is 0 Å². The van der Waals surface area contributed by atoms with Crippen molar-refractivity contribution in [2.75, 3.05) is 18.1 Å². The van der Waals surface area contributed by atoms with E-state index in [4.69, 9.17) is 5.11 Å². The molecule has 104 valence electrons. The van der Waals surface area contributed by atoms with E-state index in [-0.39, 0.29) is 18.3 Å². The molecular formula is C13H17FN2O3. The number of halogens is 1. The van der Waals surface area contributed by atoms with Crippen molar-refractivity contribution in [3.63, 3.8) is 0 Å². The Bertz CT molecular complexity index is 465. The number of aliphatic hydroxyl groups is 1. The van der Waals surface area contributed by atoms with Gasteiger partial charge < -0.3 is 10.0 Å². The van der Waals surface area contributed by atoms with Crippen LogP contribution in [0.5, 0.6) is 0 Å². The fourth-order valence-electron chi connectivity index (χ4n) is 2.65. The van der Waals surface area contributed by atoms with Crippen LogP contribution in [0.2, 0.25) is 0 Å². The molecule has 0 aliphatic carbocycles. The number of benzene rings is 1. The van der Waals surface area contributed by atoms with Crippen LogP contribution in [0.3, 0.4) is 0 Å². The number of nitro benzene ring substituents is 1. The zero-order chi connectivity index (χ0) is 13.8. The monoisotopic (exact) mass is 268 g/mol. The fourth-order valence-corrected chi connectivity index (χ4v) is 2.65. The molecule has 1 aliphatic rings. The van der Waals surface area contributed by atoms with Gasteiger partial charge in [0.05, 0.1) is 4.92 Å². The Morgan fingerprint density at radius 2 is 2.26 bits per heavy atom. The summed E-state index contributed by atoms with van der Waals surface area (Å²) < 4.78 is 13.4. The second-order valence-corrected chi connectivity index (χ2v) is 4.75. The third-order valence-electron chi connectivity index (χ3n) is 3.53. The van der Waals surface area contributed by atoms with Crippen molar-refractivity contribution in [1.29, 1.82) is 0 Å². The smallest absolute Gasteiger partial charge is 0.292 e. The molecule has 1 unspecified atom stereocenters. The van der Waals surface area contributed by atoms with Gasteiger partial charge in [0.25, 0.3) is 5.69 Å². The highest BCUT2D eigenvalue weighted by Gasteiger charge is 2.28. The summed E-state index contributed by atoms with van der Waals surface area (Å²) in [7, 11) is 0. The largest absolute Gasteiger partial charge is 0.396 e. The standard InChI is InChI=1S/C13H17FN2O3/c14-10-4-5-12(16(18)19)13(9-10)15-7-2-1-3-11(15)6-8-17/h4-5,9,11,17H,1-3,6-8H2. The van der Waals surface area contributed by atoms with Gasteiger partial charge in [0, 0.05) is 31.3 Å². The highest BCUT2D eigenvalue weighted by atomic mass is 19.1. The van der Waals surface area contributed by atoms with Crippen molar-refractivity contribution in [2.45, 2.75) is 31.7 Å². The topological polar surface area (TPSA) is 66.6 Å². The Morgan fingerprint density at radius 3 is 2.95 bits per heavy atom. The molecule has 1 atom stereocenters. The number of piperidine rings is 1. The fraction of sp³-hybridized carbons (Fsp3) is 0.538. The first kappa shape index (κ1) is 13.7. The van der Waals surface area contributed by atoms with Crippen LogP contribution in [-0.4, -0.2) is 29.2 Å². The zero-order valence-electron chi connectivity index (χ0n) is 10.6. The number of hydrogen-bond acceptors (Lipinski definition) is 4. The van der Waals surface area contributed by atoms with Crippen molar-refractivity contribution in [2.24, 2.45) is 0 Å². The van der Waals surface area contributed by atoms with E-state index in [9.17, 15) is 14.5 Å². The van der Waals surface area contributed by atoms with E-state index in [2.05, 4.69) is 0 Å². The van der Waals surface area contributed by atoms with E-state index in [1.54, 1.807) is 0 Å². The average Bonchev–Trinajstić information content (AvgIpc) is 2.39. The lowest BCUT2D eigenvalue weighted by molar-refractivity contribution is -0.384. The summed E-state index contributed by atoms with van der Waals surface area (Å²) in [6.45, 7) is 0.694. The Hall–Kier alpha value is -1.69. The van der Waals surface area contributed by atoms with Crippen LogP contribution in [0.15, 0.2) is 18.2 Å². The van der Waals surface area contributed by atoms with Gasteiger partial charge in [-0.2, -0.15) is 0 Å². The summed E-state index contributed by atoms with van der Waals surface area (Å²) in [5, 5.41) is 20.1. The summed E-state index contributed by atoms with van der Waals surface area (Å²) in [6, 6.07) is 3.56. The molecule has 19 heavy (non-hydrogen) atoms. The van der Waals surface area contributed by atoms with Crippen LogP contribution < -0.4 is 4.90 Å². The minimum absolute atomic E-state index is 0.0320. The molecule has 0 bridgehead atoms. The Balaban J connectivity index is 2.37. The molecule has 2 rings (SSSR count). The van der Waals surface area contributed by atoms with E-state index in [1.807, 2.05) is 4.90 Å². The molecule has 0 saturated carbocycles. The third kappa shape index (κ3) is 3.01. The van der Waals surface area contributed by atoms with Crippen molar-refractivity contribution in [1.82, 2.24) is 0 Å². The van der Waals surface area contributed by atoms with Crippen LogP contribution in [0.25, 0.3) is 0 Å². The highest BCUT2D eigenvalue weighted by Crippen LogP contribution is 2.34. The van der Waals surface area contributed by atoms with Gasteiger partial charge >= 0.3 is 0 Å². The molecule has 1 N–H and O–H groups in total. The van der Waals surface area contributed by atoms with Crippen molar-refractivity contribution in [3.05, 3.63) is 34.1 Å². The molecule has 0 spiro atoms. The molecule has 6 heteroatoms. The molecule has 0 radical (unpaired) electrons. The minimum Gasteiger partial charge on any atom is -0.396 e. The van der Waals surface area contributed by atoms with Crippen molar-refractivity contribution < 1.29 is 14.4 Å². The summed E-state index contributed by atoms with van der Waals surface area (Å²) in [5.41, 5.74) is 0.245. The van der Waals surface area contributed by atoms with E-state index >= 15 is 0 Å². The Labute approximate surface area is 110 Å². The lowest BCUT2D eigenvalue weighted by atomic mass is 9.98. The van der Waals surface area contributed by atoms with E-state index in [0.717, 1.165) is 25.3 Å². The van der Waals surface area contributed by atoms with Crippen LogP contribution in [-0.2, 0) is 0 Å². The second-order valence-electron chi connectivity index (χ2n) is 4.75. The molecule has 5 nitrogen and oxygen atoms in total. The summed E-state index contributed by atoms with van der Waals surface area (Å²) in [5.74, 6) is -0.478. The number of nitro groups is 1. The molecule has 1 heterocycles. The first-order valence-electron chi connectivity index (χ1n) is 6.45. The number of anilines is 1. The molecule has 0 amide bonds. The first-order valence-corrected chi connectivity index (χ1v) is 6.45. The van der Waals surface area contributed by atoms with Gasteiger partial charge in [-0.25, -0.2) is 4.39 Å². The highest BCUT2D eigenvalue weighted by molar-refractivity contribution is 5.64. The molecule has 1 aromatic rings. The summed E-state index contributed by atoms with van der Waals surface area (Å²) >= 11 is 0. The van der Waals surface area contributed by atoms with Gasteiger partial charge in [0.1, 0.15) is 11.5 Å². The minimum atomic E-state index is -0.487. The van der Waals surface area contributed by atoms with Gasteiger partial charge in [-0.1, -0.05) is 0 Å². The predicted molar refractivity (Wildman–Crippen MR) is 69.7 cm³/mol. The van der Waals surface area contributed by atoms with Gasteiger partial charge in [-0.05, 0) is 31.7 Å². The SMILES string of the molecule is O=[N+]([O-])c1ccc(F)cc1N1CCCCC1CCO. The molecule has 1 fully saturated rings. The van der Waals surface area contributed by atoms with E-state index in [0.29, 0.717) is 18.7 Å². The van der Waals surface area contributed by atoms with Gasteiger partial charge in [-0.15, -0.1) is 0 Å². The van der Waals surface area contributed by atoms with Crippen LogP contribution in [0.1, 0.15) is 25.7 Å². The zero-order valence-corrected chi connectivity index (χ0v) is 10.6. The van der Waals surface area contributed by atoms with Crippen LogP contribution in [0.4, 0.5) is 15.8 Å². The predicted octanol–water partition coefficient (Wildman–Crippen LogP) is 2.48. The maximum Gasteiger partial charge on any atom is 0.292 e. The normalized spacial score (nSPS) is 19.5. The summed E-state index contributed by atoms with van der Waals surface area (Å²) in [6.07, 6.45) is 3.38. The number of rotatable bonds is 4. The molecular weight excluding hydrogens is 251 g/mol. The molecule has 1 aromatic carbocycles. The second kappa shape index (κ2) is 5.97. The average molecular weight is 268 g/mol. The van der Waals surface area contributed by atoms with Crippen molar-refractivity contribution in [3.8, 4) is 0 Å². The Morgan fingerprint density at radius 1 is 1.47 bits per heavy atom. The third-order valence-corrected chi connectivity index (χ3v) is 3.53. The molecule has 1 saturated heterocycles. The maximum absolute atomic E-state index is 13.4. The molecule has 1 aliphatic heterocycles. The Kier molecular flexibility index (Phi) is 4.31. The van der Waals surface area contributed by atoms with Crippen LogP contribution in [0, 0.1) is 15.9 Å². The lowest BCUT2D eigenvalue weighted by Crippen LogP contribution is -2.40. The molecule has 0 aromatic heterocycles. The van der Waals surface area contributed by atoms with Crippen LogP contribution >= 0.6 is 0 Å². The lowest BCUT2D eigenvalue weighted by Gasteiger charge is -2.37. The van der Waals surface area contributed by atoms with E-state index < -0.39 is 10.7 Å². The van der Waals surface area contributed by atoms with Gasteiger partial charge in [0.2, 0.25) is 0 Å². The first-order chi connectivity index (χ1) is 9.13. The van der Waals surface area contributed by atoms with Gasteiger partial charge in [-0.3, -0.25) is 10.1 Å². The summed E-state index contributed by atoms with van der Waals surface area (Å²) in [4.78, 5) is 12.4. The van der Waals surface area contributed by atoms with E-state index in [1.165, 1.54) is 12.1 Å². The number of nitrogens with zero attached hydrogens (tertiary/aromatic N) is 2. The maximum atomic E-state index is 13.4. The number of hydrogen-bond donors (Lipinski definition) is 1.